The molecular weight excluding hydrogens is 667 g/mol. The van der Waals surface area contributed by atoms with Crippen molar-refractivity contribution in [3.8, 4) is 6.07 Å². The fraction of sp³-hybridized carbons (Fsp3) is 0.214. The van der Waals surface area contributed by atoms with Crippen molar-refractivity contribution in [2.45, 2.75) is 31.7 Å². The minimum atomic E-state index is -0.868. The molecule has 2 fully saturated rings. The number of carbonyl (C=O) groups is 4. The summed E-state index contributed by atoms with van der Waals surface area (Å²) in [6.45, 7) is 0.240. The first kappa shape index (κ1) is 34.9. The van der Waals surface area contributed by atoms with E-state index in [4.69, 9.17) is 0 Å². The minimum Gasteiger partial charge on any atom is -0.333 e. The second-order valence-electron chi connectivity index (χ2n) is 13.2. The number of nitriles is 1. The van der Waals surface area contributed by atoms with Crippen molar-refractivity contribution < 1.29 is 19.2 Å². The molecule has 2 aliphatic heterocycles. The van der Waals surface area contributed by atoms with Crippen LogP contribution in [0.2, 0.25) is 0 Å². The van der Waals surface area contributed by atoms with Gasteiger partial charge in [0, 0.05) is 37.8 Å². The van der Waals surface area contributed by atoms with Crippen molar-refractivity contribution in [2.24, 2.45) is 0 Å². The predicted octanol–water partition coefficient (Wildman–Crippen LogP) is 5.19. The number of hydrogen-bond donors (Lipinski definition) is 1. The first-order valence-electron chi connectivity index (χ1n) is 17.5. The van der Waals surface area contributed by atoms with E-state index in [1.165, 1.54) is 5.01 Å². The number of fused-ring (bicyclic) bond motifs is 2. The highest BCUT2D eigenvalue weighted by Crippen LogP contribution is 2.31. The number of urea groups is 1. The van der Waals surface area contributed by atoms with Crippen LogP contribution in [0.5, 0.6) is 0 Å². The molecule has 0 bridgehead atoms. The molecule has 0 unspecified atom stereocenters. The number of hydrazine groups is 1. The Morgan fingerprint density at radius 2 is 1.51 bits per heavy atom. The van der Waals surface area contributed by atoms with Gasteiger partial charge in [-0.3, -0.25) is 14.4 Å². The topological polar surface area (TPSA) is 120 Å². The standard InChI is InChI=1S/C42H39N7O4/c1-45(40(51)33-14-6-3-7-15-33)35-21-19-30(20-22-35)25-37-41(52)46(27-34-17-10-16-32-13-8-9-18-36(32)34)28-38-48(29-39(50)49(37)38)47(24-23-43)42(53)44-26-31-11-4-2-5-12-31/h2-22,37-38H,24-29H2,1H3,(H,44,53)/t37-,38+/m0/s1. The number of rotatable bonds is 10. The highest BCUT2D eigenvalue weighted by atomic mass is 16.2. The maximum absolute atomic E-state index is 14.5. The van der Waals surface area contributed by atoms with E-state index >= 15 is 0 Å². The predicted molar refractivity (Wildman–Crippen MR) is 201 cm³/mol. The van der Waals surface area contributed by atoms with Crippen LogP contribution in [0.3, 0.4) is 0 Å². The molecule has 0 saturated carbocycles. The quantitative estimate of drug-likeness (QED) is 0.200. The molecule has 53 heavy (non-hydrogen) atoms. The van der Waals surface area contributed by atoms with Gasteiger partial charge < -0.3 is 20.0 Å². The van der Waals surface area contributed by atoms with Crippen molar-refractivity contribution in [3.05, 3.63) is 150 Å². The van der Waals surface area contributed by atoms with Crippen molar-refractivity contribution in [3.63, 3.8) is 0 Å². The van der Waals surface area contributed by atoms with Gasteiger partial charge in [0.1, 0.15) is 18.8 Å². The fourth-order valence-corrected chi connectivity index (χ4v) is 7.21. The first-order chi connectivity index (χ1) is 25.8. The average molecular weight is 706 g/mol. The minimum absolute atomic E-state index is 0.142. The molecule has 7 rings (SSSR count). The lowest BCUT2D eigenvalue weighted by Crippen LogP contribution is -2.66. The van der Waals surface area contributed by atoms with E-state index in [-0.39, 0.29) is 50.3 Å². The summed E-state index contributed by atoms with van der Waals surface area (Å²) in [5.41, 5.74) is 3.91. The molecule has 11 nitrogen and oxygen atoms in total. The fourth-order valence-electron chi connectivity index (χ4n) is 7.21. The SMILES string of the molecule is CN(C(=O)c1ccccc1)c1ccc(C[C@H]2C(=O)N(Cc3cccc4ccccc34)C[C@H]3N2C(=O)CN3N(CC#N)C(=O)NCc2ccccc2)cc1. The smallest absolute Gasteiger partial charge is 0.333 e. The molecule has 5 amide bonds. The Kier molecular flexibility index (Phi) is 10.1. The van der Waals surface area contributed by atoms with Crippen LogP contribution in [0.25, 0.3) is 10.8 Å². The highest BCUT2D eigenvalue weighted by molar-refractivity contribution is 6.05. The van der Waals surface area contributed by atoms with Crippen LogP contribution in [-0.2, 0) is 29.1 Å². The van der Waals surface area contributed by atoms with Crippen molar-refractivity contribution in [2.75, 3.05) is 31.6 Å². The van der Waals surface area contributed by atoms with E-state index < -0.39 is 18.2 Å². The molecule has 0 spiro atoms. The molecule has 2 atom stereocenters. The number of amides is 5. The molecule has 11 heteroatoms. The van der Waals surface area contributed by atoms with Gasteiger partial charge in [-0.2, -0.15) is 10.3 Å². The Hall–Kier alpha value is -6.51. The van der Waals surface area contributed by atoms with Gasteiger partial charge >= 0.3 is 6.03 Å². The number of hydrogen-bond acceptors (Lipinski definition) is 6. The summed E-state index contributed by atoms with van der Waals surface area (Å²) in [5.74, 6) is -0.655. The molecule has 1 N–H and O–H groups in total. The third-order valence-corrected chi connectivity index (χ3v) is 9.94. The lowest BCUT2D eigenvalue weighted by atomic mass is 9.98. The molecule has 0 radical (unpaired) electrons. The second kappa shape index (κ2) is 15.4. The summed E-state index contributed by atoms with van der Waals surface area (Å²) in [6, 6.07) is 40.6. The molecular formula is C42H39N7O4. The van der Waals surface area contributed by atoms with E-state index in [1.54, 1.807) is 38.9 Å². The Labute approximate surface area is 308 Å². The number of benzene rings is 5. The van der Waals surface area contributed by atoms with Crippen molar-refractivity contribution in [1.82, 2.24) is 25.1 Å². The summed E-state index contributed by atoms with van der Waals surface area (Å²) in [5, 5.41) is 17.7. The molecule has 0 aliphatic carbocycles. The number of nitrogens with one attached hydrogen (secondary N) is 1. The molecule has 2 heterocycles. The van der Waals surface area contributed by atoms with Gasteiger partial charge in [-0.15, -0.1) is 0 Å². The number of nitrogens with zero attached hydrogens (tertiary/aromatic N) is 6. The van der Waals surface area contributed by atoms with Crippen LogP contribution < -0.4 is 10.2 Å². The Morgan fingerprint density at radius 1 is 0.830 bits per heavy atom. The van der Waals surface area contributed by atoms with Crippen LogP contribution >= 0.6 is 0 Å². The molecule has 0 aromatic heterocycles. The second-order valence-corrected chi connectivity index (χ2v) is 13.2. The Bertz CT molecular complexity index is 2170. The first-order valence-corrected chi connectivity index (χ1v) is 17.5. The van der Waals surface area contributed by atoms with E-state index in [0.29, 0.717) is 17.8 Å². The van der Waals surface area contributed by atoms with Gasteiger partial charge in [0.15, 0.2) is 0 Å². The lowest BCUT2D eigenvalue weighted by molar-refractivity contribution is -0.157. The van der Waals surface area contributed by atoms with Gasteiger partial charge in [-0.05, 0) is 51.7 Å². The molecule has 266 valence electrons. The summed E-state index contributed by atoms with van der Waals surface area (Å²) in [7, 11) is 1.71. The highest BCUT2D eigenvalue weighted by Gasteiger charge is 2.52. The zero-order valence-electron chi connectivity index (χ0n) is 29.3. The molecule has 2 aliphatic rings. The summed E-state index contributed by atoms with van der Waals surface area (Å²) in [4.78, 5) is 60.0. The molecule has 5 aromatic carbocycles. The third-order valence-electron chi connectivity index (χ3n) is 9.94. The summed E-state index contributed by atoms with van der Waals surface area (Å²) >= 11 is 0. The zero-order valence-corrected chi connectivity index (χ0v) is 29.3. The number of carbonyl (C=O) groups excluding carboxylic acids is 4. The van der Waals surface area contributed by atoms with Crippen LogP contribution in [-0.4, -0.2) is 82.5 Å². The average Bonchev–Trinajstić information content (AvgIpc) is 3.52. The molecule has 5 aromatic rings. The normalized spacial score (nSPS) is 17.0. The van der Waals surface area contributed by atoms with Gasteiger partial charge in [-0.25, -0.2) is 9.80 Å². The maximum atomic E-state index is 14.5. The monoisotopic (exact) mass is 705 g/mol. The third kappa shape index (κ3) is 7.31. The van der Waals surface area contributed by atoms with Gasteiger partial charge in [0.2, 0.25) is 11.8 Å². The van der Waals surface area contributed by atoms with E-state index in [9.17, 15) is 24.4 Å². The largest absolute Gasteiger partial charge is 0.333 e. The molecule has 2 saturated heterocycles. The Morgan fingerprint density at radius 3 is 2.25 bits per heavy atom. The number of anilines is 1. The van der Waals surface area contributed by atoms with Crippen LogP contribution in [0.4, 0.5) is 10.5 Å². The maximum Gasteiger partial charge on any atom is 0.333 e. The van der Waals surface area contributed by atoms with Crippen LogP contribution in [0.1, 0.15) is 27.0 Å². The van der Waals surface area contributed by atoms with E-state index in [2.05, 4.69) is 11.4 Å². The van der Waals surface area contributed by atoms with Gasteiger partial charge in [0.05, 0.1) is 19.2 Å². The van der Waals surface area contributed by atoms with Crippen LogP contribution in [0.15, 0.2) is 127 Å². The Balaban J connectivity index is 1.17. The van der Waals surface area contributed by atoms with E-state index in [0.717, 1.165) is 27.5 Å². The summed E-state index contributed by atoms with van der Waals surface area (Å²) in [6.07, 6.45) is -0.472. The van der Waals surface area contributed by atoms with Gasteiger partial charge in [0.25, 0.3) is 5.91 Å². The van der Waals surface area contributed by atoms with Crippen molar-refractivity contribution in [1.29, 1.82) is 5.26 Å². The van der Waals surface area contributed by atoms with Crippen LogP contribution in [0, 0.1) is 11.3 Å². The van der Waals surface area contributed by atoms with E-state index in [1.807, 2.05) is 115 Å². The van der Waals surface area contributed by atoms with Crippen molar-refractivity contribution >= 4 is 40.2 Å². The lowest BCUT2D eigenvalue weighted by Gasteiger charge is -2.46. The van der Waals surface area contributed by atoms with Gasteiger partial charge in [-0.1, -0.05) is 103 Å². The zero-order chi connectivity index (χ0) is 36.9. The number of piperazine rings is 1. The summed E-state index contributed by atoms with van der Waals surface area (Å²) < 4.78 is 0.